The van der Waals surface area contributed by atoms with Crippen LogP contribution in [-0.4, -0.2) is 35.9 Å². The number of carbonyl (C=O) groups excluding carboxylic acids is 1. The summed E-state index contributed by atoms with van der Waals surface area (Å²) in [6.07, 6.45) is 9.47. The molecule has 2 aliphatic heterocycles. The molecule has 33 heavy (non-hydrogen) atoms. The molecular formula is C28H41NO4. The number of hydrogen-bond acceptors (Lipinski definition) is 4. The molecule has 0 radical (unpaired) electrons. The van der Waals surface area contributed by atoms with Crippen molar-refractivity contribution in [3.63, 3.8) is 0 Å². The molecule has 0 spiro atoms. The lowest BCUT2D eigenvalue weighted by Gasteiger charge is -2.47. The van der Waals surface area contributed by atoms with Crippen molar-refractivity contribution in [2.75, 3.05) is 13.2 Å². The fraction of sp³-hybridized carbons (Fsp3) is 0.679. The van der Waals surface area contributed by atoms with Crippen molar-refractivity contribution < 1.29 is 19.4 Å². The Hall–Kier alpha value is -2.01. The summed E-state index contributed by atoms with van der Waals surface area (Å²) in [5.74, 6) is 1.37. The fourth-order valence-corrected chi connectivity index (χ4v) is 5.71. The number of ether oxygens (including phenoxy) is 2. The van der Waals surface area contributed by atoms with Gasteiger partial charge in [-0.1, -0.05) is 52.5 Å². The summed E-state index contributed by atoms with van der Waals surface area (Å²) in [6, 6.07) is 4.21. The van der Waals surface area contributed by atoms with Gasteiger partial charge in [-0.25, -0.2) is 0 Å². The number of hydrogen-bond donors (Lipinski definition) is 2. The maximum Gasteiger partial charge on any atom is 0.247 e. The van der Waals surface area contributed by atoms with Crippen LogP contribution in [0, 0.1) is 5.92 Å². The van der Waals surface area contributed by atoms with Gasteiger partial charge >= 0.3 is 0 Å². The molecular weight excluding hydrogens is 414 g/mol. The van der Waals surface area contributed by atoms with Crippen LogP contribution in [0.1, 0.15) is 96.6 Å². The lowest BCUT2D eigenvalue weighted by molar-refractivity contribution is -0.122. The Balaban J connectivity index is 1.59. The van der Waals surface area contributed by atoms with Gasteiger partial charge < -0.3 is 19.9 Å². The first kappa shape index (κ1) is 24.1. The second-order valence-corrected chi connectivity index (χ2v) is 11.4. The molecule has 182 valence electrons. The first-order valence-corrected chi connectivity index (χ1v) is 12.8. The van der Waals surface area contributed by atoms with E-state index >= 15 is 0 Å². The number of benzene rings is 1. The van der Waals surface area contributed by atoms with Crippen molar-refractivity contribution in [1.82, 2.24) is 5.32 Å². The van der Waals surface area contributed by atoms with Crippen molar-refractivity contribution in [3.8, 4) is 11.5 Å². The van der Waals surface area contributed by atoms with E-state index in [2.05, 4.69) is 52.1 Å². The SMILES string of the molecule is CCCCCCC(C)(C)c1cc(O)c2c(c1)OC(C)(C)[C@@H]1CC=C(C(=O)NC3COC3)C[C@@H]21. The molecule has 2 atom stereocenters. The number of nitrogens with one attached hydrogen (secondary N) is 1. The summed E-state index contributed by atoms with van der Waals surface area (Å²) < 4.78 is 11.7. The van der Waals surface area contributed by atoms with Crippen LogP contribution in [-0.2, 0) is 14.9 Å². The van der Waals surface area contributed by atoms with E-state index < -0.39 is 0 Å². The topological polar surface area (TPSA) is 67.8 Å². The Bertz CT molecular complexity index is 913. The molecule has 1 aromatic rings. The highest BCUT2D eigenvalue weighted by molar-refractivity contribution is 5.94. The first-order chi connectivity index (χ1) is 15.6. The molecule has 0 aromatic heterocycles. The van der Waals surface area contributed by atoms with E-state index in [0.29, 0.717) is 25.4 Å². The highest BCUT2D eigenvalue weighted by Crippen LogP contribution is 2.55. The number of aromatic hydroxyl groups is 1. The summed E-state index contributed by atoms with van der Waals surface area (Å²) in [4.78, 5) is 12.8. The van der Waals surface area contributed by atoms with Gasteiger partial charge in [0.05, 0.1) is 19.3 Å². The molecule has 4 rings (SSSR count). The monoisotopic (exact) mass is 455 g/mol. The van der Waals surface area contributed by atoms with Crippen LogP contribution in [0.15, 0.2) is 23.8 Å². The lowest BCUT2D eigenvalue weighted by Crippen LogP contribution is -2.50. The Morgan fingerprint density at radius 2 is 1.97 bits per heavy atom. The minimum atomic E-state index is -0.367. The van der Waals surface area contributed by atoms with Crippen LogP contribution in [0.2, 0.25) is 0 Å². The predicted octanol–water partition coefficient (Wildman–Crippen LogP) is 5.75. The van der Waals surface area contributed by atoms with Gasteiger partial charge in [-0.05, 0) is 56.2 Å². The van der Waals surface area contributed by atoms with Gasteiger partial charge in [0.25, 0.3) is 0 Å². The Morgan fingerprint density at radius 3 is 2.64 bits per heavy atom. The normalized spacial score (nSPS) is 24.1. The van der Waals surface area contributed by atoms with Gasteiger partial charge in [0.15, 0.2) is 0 Å². The van der Waals surface area contributed by atoms with Gasteiger partial charge in [-0.2, -0.15) is 0 Å². The Kier molecular flexibility index (Phi) is 6.82. The zero-order valence-corrected chi connectivity index (χ0v) is 21.0. The van der Waals surface area contributed by atoms with Crippen molar-refractivity contribution in [3.05, 3.63) is 34.9 Å². The van der Waals surface area contributed by atoms with Crippen molar-refractivity contribution >= 4 is 5.91 Å². The molecule has 0 saturated carbocycles. The Labute approximate surface area is 198 Å². The first-order valence-electron chi connectivity index (χ1n) is 12.8. The smallest absolute Gasteiger partial charge is 0.247 e. The highest BCUT2D eigenvalue weighted by Gasteiger charge is 2.47. The third kappa shape index (κ3) is 4.94. The molecule has 1 aliphatic carbocycles. The standard InChI is InChI=1S/C28H41NO4/c1-6-7-8-9-12-27(2,3)19-14-23(30)25-21-13-18(26(31)29-20-16-32-17-20)10-11-22(21)28(4,5)33-24(25)15-19/h10,14-15,20-22,30H,6-9,11-13,16-17H2,1-5H3,(H,29,31)/t21-,22-/m1/s1. The van der Waals surface area contributed by atoms with E-state index in [-0.39, 0.29) is 34.8 Å². The largest absolute Gasteiger partial charge is 0.508 e. The zero-order valence-electron chi connectivity index (χ0n) is 21.0. The lowest BCUT2D eigenvalue weighted by atomic mass is 9.66. The molecule has 1 amide bonds. The summed E-state index contributed by atoms with van der Waals surface area (Å²) in [5.41, 5.74) is 2.40. The van der Waals surface area contributed by atoms with E-state index in [1.165, 1.54) is 25.7 Å². The number of carbonyl (C=O) groups is 1. The quantitative estimate of drug-likeness (QED) is 0.490. The van der Waals surface area contributed by atoms with Crippen LogP contribution in [0.25, 0.3) is 0 Å². The minimum absolute atomic E-state index is 0.00285. The predicted molar refractivity (Wildman–Crippen MR) is 131 cm³/mol. The number of phenolic OH excluding ortho intramolecular Hbond substituents is 1. The van der Waals surface area contributed by atoms with Crippen molar-refractivity contribution in [2.24, 2.45) is 5.92 Å². The number of allylic oxidation sites excluding steroid dienone is 1. The molecule has 5 heteroatoms. The van der Waals surface area contributed by atoms with Gasteiger partial charge in [-0.3, -0.25) is 4.79 Å². The summed E-state index contributed by atoms with van der Waals surface area (Å²) in [6.45, 7) is 12.2. The van der Waals surface area contributed by atoms with E-state index in [1.807, 2.05) is 6.07 Å². The molecule has 1 aromatic carbocycles. The second kappa shape index (κ2) is 9.32. The number of amides is 1. The average Bonchev–Trinajstić information content (AvgIpc) is 2.72. The third-order valence-corrected chi connectivity index (χ3v) is 8.00. The maximum absolute atomic E-state index is 12.8. The molecule has 5 nitrogen and oxygen atoms in total. The van der Waals surface area contributed by atoms with E-state index in [4.69, 9.17) is 9.47 Å². The third-order valence-electron chi connectivity index (χ3n) is 8.00. The average molecular weight is 456 g/mol. The summed E-state index contributed by atoms with van der Waals surface area (Å²) in [7, 11) is 0. The molecule has 3 aliphatic rings. The molecule has 0 bridgehead atoms. The number of rotatable bonds is 8. The van der Waals surface area contributed by atoms with Crippen LogP contribution < -0.4 is 10.1 Å². The van der Waals surface area contributed by atoms with E-state index in [9.17, 15) is 9.90 Å². The van der Waals surface area contributed by atoms with Gasteiger partial charge in [0, 0.05) is 23.0 Å². The fourth-order valence-electron chi connectivity index (χ4n) is 5.71. The molecule has 1 fully saturated rings. The molecule has 1 saturated heterocycles. The van der Waals surface area contributed by atoms with Crippen molar-refractivity contribution in [2.45, 2.75) is 103 Å². The van der Waals surface area contributed by atoms with Gasteiger partial charge in [0.1, 0.15) is 17.1 Å². The molecule has 0 unspecified atom stereocenters. The minimum Gasteiger partial charge on any atom is -0.508 e. The maximum atomic E-state index is 12.8. The van der Waals surface area contributed by atoms with Crippen LogP contribution in [0.5, 0.6) is 11.5 Å². The van der Waals surface area contributed by atoms with E-state index in [1.54, 1.807) is 0 Å². The molecule has 2 N–H and O–H groups in total. The highest BCUT2D eigenvalue weighted by atomic mass is 16.5. The van der Waals surface area contributed by atoms with Crippen LogP contribution in [0.3, 0.4) is 0 Å². The van der Waals surface area contributed by atoms with E-state index in [0.717, 1.165) is 35.3 Å². The van der Waals surface area contributed by atoms with Crippen LogP contribution >= 0.6 is 0 Å². The molecule has 2 heterocycles. The van der Waals surface area contributed by atoms with Crippen LogP contribution in [0.4, 0.5) is 0 Å². The number of fused-ring (bicyclic) bond motifs is 3. The van der Waals surface area contributed by atoms with Gasteiger partial charge in [-0.15, -0.1) is 0 Å². The zero-order chi connectivity index (χ0) is 23.8. The van der Waals surface area contributed by atoms with Crippen molar-refractivity contribution in [1.29, 1.82) is 0 Å². The number of phenols is 1. The van der Waals surface area contributed by atoms with Gasteiger partial charge in [0.2, 0.25) is 5.91 Å². The summed E-state index contributed by atoms with van der Waals surface area (Å²) in [5, 5.41) is 14.3. The number of unbranched alkanes of at least 4 members (excludes halogenated alkanes) is 3. The summed E-state index contributed by atoms with van der Waals surface area (Å²) >= 11 is 0. The Morgan fingerprint density at radius 1 is 1.21 bits per heavy atom. The second-order valence-electron chi connectivity index (χ2n) is 11.4.